The summed E-state index contributed by atoms with van der Waals surface area (Å²) in [5.74, 6) is 0.595. The minimum atomic E-state index is -0.520. The lowest BCUT2D eigenvalue weighted by atomic mass is 9.88. The smallest absolute Gasteiger partial charge is 0.410 e. The summed E-state index contributed by atoms with van der Waals surface area (Å²) < 4.78 is 18.9. The number of ether oxygens (including phenoxy) is 1. The van der Waals surface area contributed by atoms with Gasteiger partial charge in [-0.05, 0) is 95.7 Å². The first-order valence-electron chi connectivity index (χ1n) is 12.8. The van der Waals surface area contributed by atoms with Crippen molar-refractivity contribution in [2.75, 3.05) is 31.1 Å². The molecule has 0 aliphatic carbocycles. The van der Waals surface area contributed by atoms with Gasteiger partial charge in [0, 0.05) is 37.9 Å². The molecule has 1 saturated heterocycles. The Kier molecular flexibility index (Phi) is 9.29. The van der Waals surface area contributed by atoms with Crippen molar-refractivity contribution in [2.24, 2.45) is 5.92 Å². The van der Waals surface area contributed by atoms with Crippen molar-refractivity contribution in [1.82, 2.24) is 15.2 Å². The van der Waals surface area contributed by atoms with E-state index in [9.17, 15) is 14.0 Å². The fourth-order valence-electron chi connectivity index (χ4n) is 4.47. The predicted octanol–water partition coefficient (Wildman–Crippen LogP) is 5.58. The van der Waals surface area contributed by atoms with Gasteiger partial charge in [0.25, 0.3) is 5.91 Å². The van der Waals surface area contributed by atoms with Crippen LogP contribution in [0.5, 0.6) is 0 Å². The van der Waals surface area contributed by atoms with Crippen molar-refractivity contribution >= 4 is 17.8 Å². The van der Waals surface area contributed by atoms with Crippen LogP contribution in [0.2, 0.25) is 0 Å². The number of hydrogen-bond acceptors (Lipinski definition) is 5. The maximum atomic E-state index is 13.3. The number of anilines is 1. The number of amides is 2. The molecule has 0 bridgehead atoms. The molecule has 2 amide bonds. The number of piperidine rings is 1. The van der Waals surface area contributed by atoms with E-state index < -0.39 is 5.60 Å². The number of likely N-dealkylation sites (tertiary alicyclic amines) is 1. The molecule has 1 fully saturated rings. The lowest BCUT2D eigenvalue weighted by molar-refractivity contribution is 0.0178. The number of pyridine rings is 1. The highest BCUT2D eigenvalue weighted by Crippen LogP contribution is 2.30. The molecule has 1 aliphatic heterocycles. The topological polar surface area (TPSA) is 74.8 Å². The van der Waals surface area contributed by atoms with Gasteiger partial charge in [-0.3, -0.25) is 4.79 Å². The number of halogens is 1. The zero-order valence-electron chi connectivity index (χ0n) is 22.1. The van der Waals surface area contributed by atoms with Crippen molar-refractivity contribution in [2.45, 2.75) is 65.5 Å². The Morgan fingerprint density at radius 1 is 1.11 bits per heavy atom. The van der Waals surface area contributed by atoms with Crippen LogP contribution in [0.4, 0.5) is 15.0 Å². The second-order valence-corrected chi connectivity index (χ2v) is 10.3. The predicted molar refractivity (Wildman–Crippen MR) is 140 cm³/mol. The van der Waals surface area contributed by atoms with Gasteiger partial charge in [-0.1, -0.05) is 6.07 Å². The molecule has 1 unspecified atom stereocenters. The average molecular weight is 499 g/mol. The number of nitrogens with one attached hydrogen (secondary N) is 1. The first-order valence-corrected chi connectivity index (χ1v) is 12.8. The monoisotopic (exact) mass is 498 g/mol. The largest absolute Gasteiger partial charge is 0.444 e. The van der Waals surface area contributed by atoms with Crippen molar-refractivity contribution in [3.63, 3.8) is 0 Å². The number of rotatable bonds is 8. The second-order valence-electron chi connectivity index (χ2n) is 10.3. The van der Waals surface area contributed by atoms with Gasteiger partial charge in [-0.2, -0.15) is 0 Å². The van der Waals surface area contributed by atoms with Gasteiger partial charge in [0.05, 0.1) is 6.04 Å². The molecule has 0 spiro atoms. The van der Waals surface area contributed by atoms with Crippen LogP contribution in [0.15, 0.2) is 42.6 Å². The zero-order chi connectivity index (χ0) is 26.3. The first-order chi connectivity index (χ1) is 17.1. The normalized spacial score (nSPS) is 15.3. The van der Waals surface area contributed by atoms with Gasteiger partial charge in [-0.25, -0.2) is 14.2 Å². The zero-order valence-corrected chi connectivity index (χ0v) is 22.1. The molecule has 7 nitrogen and oxygen atoms in total. The van der Waals surface area contributed by atoms with E-state index in [2.05, 4.69) is 29.0 Å². The van der Waals surface area contributed by atoms with E-state index in [0.717, 1.165) is 43.7 Å². The minimum absolute atomic E-state index is 0.251. The van der Waals surface area contributed by atoms with E-state index in [1.54, 1.807) is 4.90 Å². The van der Waals surface area contributed by atoms with Gasteiger partial charge < -0.3 is 19.9 Å². The lowest BCUT2D eigenvalue weighted by Gasteiger charge is -2.35. The van der Waals surface area contributed by atoms with Crippen LogP contribution in [0.1, 0.15) is 75.8 Å². The summed E-state index contributed by atoms with van der Waals surface area (Å²) in [6.45, 7) is 12.8. The second kappa shape index (κ2) is 12.2. The van der Waals surface area contributed by atoms with Gasteiger partial charge >= 0.3 is 6.09 Å². The van der Waals surface area contributed by atoms with Crippen LogP contribution < -0.4 is 10.2 Å². The minimum Gasteiger partial charge on any atom is -0.444 e. The molecule has 3 rings (SSSR count). The Hall–Kier alpha value is -3.16. The molecular formula is C28H39FN4O3. The number of benzene rings is 1. The van der Waals surface area contributed by atoms with Gasteiger partial charge in [0.15, 0.2) is 0 Å². The number of carbonyl (C=O) groups excluding carboxylic acids is 2. The molecule has 8 heteroatoms. The fraction of sp³-hybridized carbons (Fsp3) is 0.536. The number of carbonyl (C=O) groups is 2. The summed E-state index contributed by atoms with van der Waals surface area (Å²) in [7, 11) is 0. The molecule has 196 valence electrons. The molecule has 1 aromatic heterocycles. The third-order valence-electron chi connectivity index (χ3n) is 6.51. The highest BCUT2D eigenvalue weighted by Gasteiger charge is 2.29. The fourth-order valence-corrected chi connectivity index (χ4v) is 4.47. The summed E-state index contributed by atoms with van der Waals surface area (Å²) in [6.07, 6.45) is 3.93. The molecule has 0 radical (unpaired) electrons. The molecule has 1 aliphatic rings. The van der Waals surface area contributed by atoms with Crippen LogP contribution in [0.3, 0.4) is 0 Å². The molecule has 1 aromatic carbocycles. The van der Waals surface area contributed by atoms with E-state index in [0.29, 0.717) is 24.6 Å². The van der Waals surface area contributed by atoms with Gasteiger partial charge in [-0.15, -0.1) is 0 Å². The highest BCUT2D eigenvalue weighted by molar-refractivity contribution is 5.94. The molecule has 2 heterocycles. The Bertz CT molecular complexity index is 993. The summed E-state index contributed by atoms with van der Waals surface area (Å²) >= 11 is 0. The van der Waals surface area contributed by atoms with Crippen molar-refractivity contribution in [3.8, 4) is 0 Å². The molecule has 2 aromatic rings. The lowest BCUT2D eigenvalue weighted by Crippen LogP contribution is -2.42. The third-order valence-corrected chi connectivity index (χ3v) is 6.51. The standard InChI is InChI=1S/C28H39FN4O3/c1-6-32(7-2)25-13-10-22(19-30-25)24(31-26(34)21-8-11-23(29)12-9-21)18-20-14-16-33(17-15-20)27(35)36-28(3,4)5/h8-13,19-20,24H,6-7,14-18H2,1-5H3,(H,31,34). The van der Waals surface area contributed by atoms with Crippen molar-refractivity contribution < 1.29 is 18.7 Å². The summed E-state index contributed by atoms with van der Waals surface area (Å²) in [5, 5.41) is 3.14. The SMILES string of the molecule is CCN(CC)c1ccc(C(CC2CCN(C(=O)OC(C)(C)C)CC2)NC(=O)c2ccc(F)cc2)cn1. The van der Waals surface area contributed by atoms with E-state index in [1.165, 1.54) is 24.3 Å². The van der Waals surface area contributed by atoms with Crippen LogP contribution in [0, 0.1) is 11.7 Å². The third kappa shape index (κ3) is 7.67. The summed E-state index contributed by atoms with van der Waals surface area (Å²) in [6, 6.07) is 9.31. The molecule has 1 N–H and O–H groups in total. The molecule has 1 atom stereocenters. The first kappa shape index (κ1) is 27.4. The van der Waals surface area contributed by atoms with E-state index in [1.807, 2.05) is 39.1 Å². The Balaban J connectivity index is 1.72. The van der Waals surface area contributed by atoms with E-state index in [-0.39, 0.29) is 23.9 Å². The van der Waals surface area contributed by atoms with E-state index >= 15 is 0 Å². The summed E-state index contributed by atoms with van der Waals surface area (Å²) in [5.41, 5.74) is 0.818. The maximum Gasteiger partial charge on any atom is 0.410 e. The van der Waals surface area contributed by atoms with Crippen molar-refractivity contribution in [3.05, 3.63) is 59.5 Å². The van der Waals surface area contributed by atoms with Crippen molar-refractivity contribution in [1.29, 1.82) is 0 Å². The van der Waals surface area contributed by atoms with Crippen LogP contribution in [0.25, 0.3) is 0 Å². The van der Waals surface area contributed by atoms with Crippen LogP contribution in [-0.2, 0) is 4.74 Å². The Labute approximate surface area is 214 Å². The number of aromatic nitrogens is 1. The maximum absolute atomic E-state index is 13.3. The van der Waals surface area contributed by atoms with Crippen LogP contribution in [-0.4, -0.2) is 53.7 Å². The molecule has 36 heavy (non-hydrogen) atoms. The average Bonchev–Trinajstić information content (AvgIpc) is 2.84. The van der Waals surface area contributed by atoms with Crippen LogP contribution >= 0.6 is 0 Å². The quantitative estimate of drug-likeness (QED) is 0.515. The van der Waals surface area contributed by atoms with E-state index in [4.69, 9.17) is 4.74 Å². The Morgan fingerprint density at radius 2 is 1.75 bits per heavy atom. The highest BCUT2D eigenvalue weighted by atomic mass is 19.1. The Morgan fingerprint density at radius 3 is 2.28 bits per heavy atom. The molecular weight excluding hydrogens is 459 g/mol. The number of hydrogen-bond donors (Lipinski definition) is 1. The van der Waals surface area contributed by atoms with Gasteiger partial charge in [0.1, 0.15) is 17.2 Å². The number of nitrogens with zero attached hydrogens (tertiary/aromatic N) is 3. The van der Waals surface area contributed by atoms with Gasteiger partial charge in [0.2, 0.25) is 0 Å². The molecule has 0 saturated carbocycles. The summed E-state index contributed by atoms with van der Waals surface area (Å²) in [4.78, 5) is 34.0.